The summed E-state index contributed by atoms with van der Waals surface area (Å²) in [6.07, 6.45) is 1.56. The van der Waals surface area contributed by atoms with E-state index >= 15 is 0 Å². The molecular weight excluding hydrogens is 210 g/mol. The number of rotatable bonds is 2. The van der Waals surface area contributed by atoms with Gasteiger partial charge in [-0.15, -0.1) is 0 Å². The highest BCUT2D eigenvalue weighted by atomic mass is 35.7. The van der Waals surface area contributed by atoms with E-state index in [4.69, 9.17) is 10.7 Å². The summed E-state index contributed by atoms with van der Waals surface area (Å²) in [7, 11) is 1.42. The van der Waals surface area contributed by atoms with Gasteiger partial charge in [0, 0.05) is 15.6 Å². The van der Waals surface area contributed by atoms with Gasteiger partial charge in [0.15, 0.2) is 0 Å². The van der Waals surface area contributed by atoms with Crippen LogP contribution >= 0.6 is 10.7 Å². The lowest BCUT2D eigenvalue weighted by atomic mass is 10.2. The van der Waals surface area contributed by atoms with Gasteiger partial charge in [-0.25, -0.2) is 0 Å². The van der Waals surface area contributed by atoms with Crippen LogP contribution in [0.2, 0.25) is 18.1 Å². The van der Waals surface area contributed by atoms with E-state index < -0.39 is 17.6 Å². The minimum Gasteiger partial charge on any atom is -0.270 e. The first-order valence-corrected chi connectivity index (χ1v) is 10.1. The highest BCUT2D eigenvalue weighted by molar-refractivity contribution is 8.22. The van der Waals surface area contributed by atoms with Crippen LogP contribution in [0.15, 0.2) is 0 Å². The maximum atomic E-state index is 11.4. The Balaban J connectivity index is 4.56. The molecule has 0 atom stereocenters. The molecule has 2 nitrogen and oxygen atoms in total. The second kappa shape index (κ2) is 3.40. The van der Waals surface area contributed by atoms with E-state index in [2.05, 4.69) is 38.3 Å². The predicted octanol–water partition coefficient (Wildman–Crippen LogP) is 2.30. The zero-order chi connectivity index (χ0) is 10.2. The average molecular weight is 230 g/mol. The standard InChI is InChI=1S/C7H20ClNOSSi/c1-7(2,3)12(5,6)9-11(4,8)10/h11H,1-6H3,(H,9,10). The lowest BCUT2D eigenvalue weighted by molar-refractivity contribution is 0.673. The number of hydrogen-bond donors (Lipinski definition) is 2. The fourth-order valence-corrected chi connectivity index (χ4v) is 7.90. The largest absolute Gasteiger partial charge is 0.270 e. The topological polar surface area (TPSA) is 29.1 Å². The third-order valence-corrected chi connectivity index (χ3v) is 10.7. The molecule has 0 amide bonds. The number of halogens is 1. The highest BCUT2D eigenvalue weighted by Crippen LogP contribution is 2.34. The van der Waals surface area contributed by atoms with E-state index in [0.717, 1.165) is 0 Å². The fourth-order valence-electron chi connectivity index (χ4n) is 0.667. The zero-order valence-corrected chi connectivity index (χ0v) is 11.4. The predicted molar refractivity (Wildman–Crippen MR) is 61.6 cm³/mol. The molecule has 0 aromatic rings. The van der Waals surface area contributed by atoms with Gasteiger partial charge in [0.2, 0.25) is 0 Å². The van der Waals surface area contributed by atoms with Gasteiger partial charge in [-0.1, -0.05) is 33.9 Å². The minimum atomic E-state index is -2.60. The van der Waals surface area contributed by atoms with E-state index in [1.165, 1.54) is 0 Å². The summed E-state index contributed by atoms with van der Waals surface area (Å²) < 4.78 is 14.5. The third kappa shape index (κ3) is 4.03. The smallest absolute Gasteiger partial charge is 0.138 e. The molecule has 0 spiro atoms. The van der Waals surface area contributed by atoms with Crippen LogP contribution in [-0.4, -0.2) is 18.7 Å². The van der Waals surface area contributed by atoms with Crippen LogP contribution in [0.1, 0.15) is 20.8 Å². The van der Waals surface area contributed by atoms with Crippen molar-refractivity contribution in [2.75, 3.05) is 6.26 Å². The van der Waals surface area contributed by atoms with Gasteiger partial charge >= 0.3 is 0 Å². The Morgan fingerprint density at radius 3 is 1.75 bits per heavy atom. The van der Waals surface area contributed by atoms with Crippen molar-refractivity contribution in [2.24, 2.45) is 0 Å². The molecule has 0 bridgehead atoms. The zero-order valence-electron chi connectivity index (χ0n) is 8.73. The van der Waals surface area contributed by atoms with Crippen LogP contribution in [0.4, 0.5) is 0 Å². The number of thiol groups is 1. The summed E-state index contributed by atoms with van der Waals surface area (Å²) in [6, 6.07) is 0. The molecule has 0 aromatic heterocycles. The molecule has 12 heavy (non-hydrogen) atoms. The summed E-state index contributed by atoms with van der Waals surface area (Å²) in [5, 5.41) is 0.174. The summed E-state index contributed by atoms with van der Waals surface area (Å²) in [5.41, 5.74) is 0. The van der Waals surface area contributed by atoms with Crippen LogP contribution in [-0.2, 0) is 9.33 Å². The van der Waals surface area contributed by atoms with Crippen LogP contribution in [0.25, 0.3) is 0 Å². The van der Waals surface area contributed by atoms with Crippen molar-refractivity contribution in [3.63, 3.8) is 0 Å². The third-order valence-electron chi connectivity index (χ3n) is 2.35. The van der Waals surface area contributed by atoms with Crippen LogP contribution < -0.4 is 4.39 Å². The molecular formula is C7H20ClNOSSi. The molecule has 0 heterocycles. The Bertz CT molecular complexity index is 206. The van der Waals surface area contributed by atoms with Crippen molar-refractivity contribution < 1.29 is 4.21 Å². The van der Waals surface area contributed by atoms with Crippen LogP contribution in [0.5, 0.6) is 0 Å². The van der Waals surface area contributed by atoms with E-state index in [1.54, 1.807) is 6.26 Å². The van der Waals surface area contributed by atoms with Gasteiger partial charge < -0.3 is 0 Å². The first-order valence-electron chi connectivity index (χ1n) is 4.02. The Morgan fingerprint density at radius 1 is 1.33 bits per heavy atom. The molecule has 0 unspecified atom stereocenters. The van der Waals surface area contributed by atoms with Gasteiger partial charge in [-0.3, -0.25) is 8.60 Å². The monoisotopic (exact) mass is 229 g/mol. The van der Waals surface area contributed by atoms with Gasteiger partial charge in [0.05, 0.1) is 0 Å². The molecule has 0 rings (SSSR count). The maximum Gasteiger partial charge on any atom is 0.138 e. The first kappa shape index (κ1) is 12.6. The molecule has 0 fully saturated rings. The van der Waals surface area contributed by atoms with E-state index in [0.29, 0.717) is 0 Å². The fraction of sp³-hybridized carbons (Fsp3) is 1.00. The molecule has 0 radical (unpaired) electrons. The molecule has 0 aliphatic heterocycles. The Morgan fingerprint density at radius 2 is 1.67 bits per heavy atom. The molecule has 0 aromatic carbocycles. The second-order valence-electron chi connectivity index (χ2n) is 4.81. The SMILES string of the molecule is CC(C)(C)[Si](C)(C)N[SH](C)(=O)Cl. The molecule has 76 valence electrons. The number of nitrogens with one attached hydrogen (secondary N) is 1. The number of hydrogen-bond acceptors (Lipinski definition) is 1. The average Bonchev–Trinajstić information content (AvgIpc) is 1.52. The highest BCUT2D eigenvalue weighted by Gasteiger charge is 2.37. The normalized spacial score (nSPS) is 16.2. The van der Waals surface area contributed by atoms with Crippen molar-refractivity contribution in [1.29, 1.82) is 0 Å². The van der Waals surface area contributed by atoms with Gasteiger partial charge in [0.25, 0.3) is 0 Å². The molecule has 0 saturated heterocycles. The second-order valence-corrected chi connectivity index (χ2v) is 14.0. The van der Waals surface area contributed by atoms with Crippen LogP contribution in [0, 0.1) is 0 Å². The molecule has 1 N–H and O–H groups in total. The summed E-state index contributed by atoms with van der Waals surface area (Å²) in [5.74, 6) is 0. The molecule has 0 aliphatic rings. The van der Waals surface area contributed by atoms with E-state index in [9.17, 15) is 4.21 Å². The molecule has 5 heteroatoms. The van der Waals surface area contributed by atoms with Gasteiger partial charge in [-0.05, 0) is 15.7 Å². The Hall–Kier alpha value is 0.617. The van der Waals surface area contributed by atoms with E-state index in [1.807, 2.05) is 0 Å². The lowest BCUT2D eigenvalue weighted by Gasteiger charge is -2.39. The minimum absolute atomic E-state index is 0.174. The van der Waals surface area contributed by atoms with Crippen molar-refractivity contribution in [1.82, 2.24) is 4.39 Å². The summed E-state index contributed by atoms with van der Waals surface area (Å²) >= 11 is 0. The Kier molecular flexibility index (Phi) is 3.58. The lowest BCUT2D eigenvalue weighted by Crippen LogP contribution is -2.54. The van der Waals surface area contributed by atoms with Gasteiger partial charge in [0.1, 0.15) is 8.24 Å². The van der Waals surface area contributed by atoms with Crippen LogP contribution in [0.3, 0.4) is 0 Å². The molecule has 0 saturated carbocycles. The van der Waals surface area contributed by atoms with Gasteiger partial charge in [-0.2, -0.15) is 0 Å². The summed E-state index contributed by atoms with van der Waals surface area (Å²) in [6.45, 7) is 10.7. The Labute approximate surface area is 82.2 Å². The maximum absolute atomic E-state index is 11.4. The van der Waals surface area contributed by atoms with E-state index in [-0.39, 0.29) is 5.04 Å². The first-order chi connectivity index (χ1) is 4.96. The van der Waals surface area contributed by atoms with Crippen molar-refractivity contribution in [3.05, 3.63) is 0 Å². The summed E-state index contributed by atoms with van der Waals surface area (Å²) in [4.78, 5) is 0. The quantitative estimate of drug-likeness (QED) is 0.425. The van der Waals surface area contributed by atoms with Crippen molar-refractivity contribution in [3.8, 4) is 0 Å². The molecule has 0 aliphatic carbocycles. The van der Waals surface area contributed by atoms with Crippen molar-refractivity contribution >= 4 is 28.3 Å². The van der Waals surface area contributed by atoms with Crippen molar-refractivity contribution in [2.45, 2.75) is 38.9 Å².